The molecule has 0 saturated carbocycles. The predicted octanol–water partition coefficient (Wildman–Crippen LogP) is 4.00. The molecule has 4 nitrogen and oxygen atoms in total. The number of nitrogens with one attached hydrogen (secondary N) is 2. The van der Waals surface area contributed by atoms with Crippen molar-refractivity contribution < 1.29 is 9.59 Å². The Hall–Kier alpha value is -2.27. The van der Waals surface area contributed by atoms with Crippen LogP contribution in [0.2, 0.25) is 0 Å². The van der Waals surface area contributed by atoms with Gasteiger partial charge in [-0.15, -0.1) is 11.8 Å². The van der Waals surface area contributed by atoms with Crippen LogP contribution in [0.1, 0.15) is 31.9 Å². The minimum Gasteiger partial charge on any atom is -0.359 e. The van der Waals surface area contributed by atoms with Crippen molar-refractivity contribution >= 4 is 29.3 Å². The summed E-state index contributed by atoms with van der Waals surface area (Å²) in [6.07, 6.45) is 0.338. The van der Waals surface area contributed by atoms with E-state index in [2.05, 4.69) is 55.7 Å². The minimum atomic E-state index is -0.0473. The summed E-state index contributed by atoms with van der Waals surface area (Å²) in [4.78, 5) is 24.6. The van der Waals surface area contributed by atoms with Gasteiger partial charge in [-0.05, 0) is 40.8 Å². The second kappa shape index (κ2) is 8.90. The van der Waals surface area contributed by atoms with Crippen molar-refractivity contribution in [3.05, 3.63) is 59.7 Å². The second-order valence-corrected chi connectivity index (χ2v) is 8.21. The number of amides is 2. The highest BCUT2D eigenvalue weighted by Crippen LogP contribution is 2.25. The summed E-state index contributed by atoms with van der Waals surface area (Å²) in [7, 11) is 1.62. The number of carbonyl (C=O) groups is 2. The topological polar surface area (TPSA) is 58.2 Å². The van der Waals surface area contributed by atoms with Crippen LogP contribution in [0.3, 0.4) is 0 Å². The van der Waals surface area contributed by atoms with Crippen LogP contribution in [-0.4, -0.2) is 24.6 Å². The number of hydrogen-bond donors (Lipinski definition) is 2. The number of likely N-dealkylation sites (N-methyl/N-ethyl adjacent to an activating group) is 1. The zero-order valence-corrected chi connectivity index (χ0v) is 16.6. The largest absolute Gasteiger partial charge is 0.359 e. The first-order valence-corrected chi connectivity index (χ1v) is 9.59. The third kappa shape index (κ3) is 6.23. The fourth-order valence-electron chi connectivity index (χ4n) is 2.38. The van der Waals surface area contributed by atoms with E-state index in [-0.39, 0.29) is 17.2 Å². The Morgan fingerprint density at radius 3 is 2.08 bits per heavy atom. The van der Waals surface area contributed by atoms with Crippen molar-refractivity contribution in [2.24, 2.45) is 0 Å². The van der Waals surface area contributed by atoms with E-state index in [0.29, 0.717) is 12.2 Å². The smallest absolute Gasteiger partial charge is 0.234 e. The summed E-state index contributed by atoms with van der Waals surface area (Å²) < 4.78 is 0. The molecule has 2 aromatic rings. The van der Waals surface area contributed by atoms with Crippen molar-refractivity contribution in [1.82, 2.24) is 5.32 Å². The highest BCUT2D eigenvalue weighted by atomic mass is 32.2. The van der Waals surface area contributed by atoms with E-state index < -0.39 is 0 Å². The van der Waals surface area contributed by atoms with Crippen LogP contribution in [-0.2, 0) is 21.4 Å². The van der Waals surface area contributed by atoms with Crippen LogP contribution in [0.15, 0.2) is 53.4 Å². The standard InChI is InChI=1S/C21H26N2O2S/c1-21(2,3)16-7-11-18(12-8-16)26-14-20(25)23-17-9-5-15(6-10-17)13-19(24)22-4/h5-12H,13-14H2,1-4H3,(H,22,24)(H,23,25). The van der Waals surface area contributed by atoms with Gasteiger partial charge < -0.3 is 10.6 Å². The summed E-state index contributed by atoms with van der Waals surface area (Å²) in [6.45, 7) is 6.55. The van der Waals surface area contributed by atoms with E-state index in [1.807, 2.05) is 24.3 Å². The molecule has 0 atom stereocenters. The summed E-state index contributed by atoms with van der Waals surface area (Å²) in [5.74, 6) is 0.277. The SMILES string of the molecule is CNC(=O)Cc1ccc(NC(=O)CSc2ccc(C(C)(C)C)cc2)cc1. The molecule has 0 spiro atoms. The Kier molecular flexibility index (Phi) is 6.86. The van der Waals surface area contributed by atoms with Gasteiger partial charge in [-0.3, -0.25) is 9.59 Å². The number of rotatable bonds is 6. The molecular weight excluding hydrogens is 344 g/mol. The number of carbonyl (C=O) groups excluding carboxylic acids is 2. The summed E-state index contributed by atoms with van der Waals surface area (Å²) in [6, 6.07) is 15.7. The van der Waals surface area contributed by atoms with Crippen LogP contribution >= 0.6 is 11.8 Å². The van der Waals surface area contributed by atoms with Gasteiger partial charge in [0.05, 0.1) is 12.2 Å². The van der Waals surface area contributed by atoms with Gasteiger partial charge in [-0.2, -0.15) is 0 Å². The highest BCUT2D eigenvalue weighted by molar-refractivity contribution is 8.00. The van der Waals surface area contributed by atoms with Crippen molar-refractivity contribution in [3.63, 3.8) is 0 Å². The molecule has 0 aromatic heterocycles. The first-order chi connectivity index (χ1) is 12.3. The average molecular weight is 371 g/mol. The fourth-order valence-corrected chi connectivity index (χ4v) is 3.08. The Morgan fingerprint density at radius 1 is 0.923 bits per heavy atom. The lowest BCUT2D eigenvalue weighted by atomic mass is 9.87. The molecule has 0 heterocycles. The number of benzene rings is 2. The number of anilines is 1. The first kappa shape index (κ1) is 20.0. The van der Waals surface area contributed by atoms with E-state index in [1.54, 1.807) is 7.05 Å². The molecule has 5 heteroatoms. The molecule has 2 aromatic carbocycles. The average Bonchev–Trinajstić information content (AvgIpc) is 2.61. The zero-order chi connectivity index (χ0) is 19.2. The van der Waals surface area contributed by atoms with E-state index in [4.69, 9.17) is 0 Å². The van der Waals surface area contributed by atoms with Crippen LogP contribution in [0.25, 0.3) is 0 Å². The van der Waals surface area contributed by atoms with Gasteiger partial charge in [0, 0.05) is 17.6 Å². The second-order valence-electron chi connectivity index (χ2n) is 7.16. The number of thioether (sulfide) groups is 1. The van der Waals surface area contributed by atoms with Gasteiger partial charge in [0.15, 0.2) is 0 Å². The van der Waals surface area contributed by atoms with Crippen molar-refractivity contribution in [2.75, 3.05) is 18.1 Å². The van der Waals surface area contributed by atoms with Gasteiger partial charge in [0.1, 0.15) is 0 Å². The fraction of sp³-hybridized carbons (Fsp3) is 0.333. The molecule has 0 aliphatic carbocycles. The highest BCUT2D eigenvalue weighted by Gasteiger charge is 2.13. The zero-order valence-electron chi connectivity index (χ0n) is 15.8. The maximum Gasteiger partial charge on any atom is 0.234 e. The molecule has 2 rings (SSSR count). The van der Waals surface area contributed by atoms with Gasteiger partial charge >= 0.3 is 0 Å². The Bertz CT molecular complexity index is 747. The Labute approximate surface area is 159 Å². The summed E-state index contributed by atoms with van der Waals surface area (Å²) in [5.41, 5.74) is 3.06. The van der Waals surface area contributed by atoms with Gasteiger partial charge in [0.25, 0.3) is 0 Å². The third-order valence-electron chi connectivity index (χ3n) is 3.97. The maximum absolute atomic E-state index is 12.1. The normalized spacial score (nSPS) is 11.1. The molecule has 2 amide bonds. The molecule has 138 valence electrons. The molecule has 0 unspecified atom stereocenters. The molecule has 0 aliphatic rings. The molecule has 0 radical (unpaired) electrons. The Morgan fingerprint density at radius 2 is 1.54 bits per heavy atom. The molecular formula is C21H26N2O2S. The van der Waals surface area contributed by atoms with Gasteiger partial charge in [0.2, 0.25) is 11.8 Å². The van der Waals surface area contributed by atoms with Crippen molar-refractivity contribution in [1.29, 1.82) is 0 Å². The first-order valence-electron chi connectivity index (χ1n) is 8.60. The molecule has 2 N–H and O–H groups in total. The molecule has 0 aliphatic heterocycles. The molecule has 0 bridgehead atoms. The Balaban J connectivity index is 1.84. The predicted molar refractivity (Wildman–Crippen MR) is 109 cm³/mol. The quantitative estimate of drug-likeness (QED) is 0.756. The molecule has 0 fully saturated rings. The molecule has 26 heavy (non-hydrogen) atoms. The van der Waals surface area contributed by atoms with Crippen molar-refractivity contribution in [3.8, 4) is 0 Å². The van der Waals surface area contributed by atoms with Crippen LogP contribution in [0, 0.1) is 0 Å². The van der Waals surface area contributed by atoms with E-state index in [0.717, 1.165) is 16.1 Å². The van der Waals surface area contributed by atoms with Crippen LogP contribution in [0.4, 0.5) is 5.69 Å². The van der Waals surface area contributed by atoms with E-state index in [9.17, 15) is 9.59 Å². The van der Waals surface area contributed by atoms with E-state index >= 15 is 0 Å². The minimum absolute atomic E-state index is 0.0318. The van der Waals surface area contributed by atoms with Gasteiger partial charge in [-0.25, -0.2) is 0 Å². The lowest BCUT2D eigenvalue weighted by molar-refractivity contribution is -0.120. The number of hydrogen-bond acceptors (Lipinski definition) is 3. The summed E-state index contributed by atoms with van der Waals surface area (Å²) >= 11 is 1.52. The van der Waals surface area contributed by atoms with Crippen molar-refractivity contribution in [2.45, 2.75) is 37.5 Å². The summed E-state index contributed by atoms with van der Waals surface area (Å²) in [5, 5.41) is 5.47. The van der Waals surface area contributed by atoms with Gasteiger partial charge in [-0.1, -0.05) is 45.0 Å². The lowest BCUT2D eigenvalue weighted by Gasteiger charge is -2.19. The maximum atomic E-state index is 12.1. The molecule has 0 saturated heterocycles. The van der Waals surface area contributed by atoms with Crippen LogP contribution < -0.4 is 10.6 Å². The lowest BCUT2D eigenvalue weighted by Crippen LogP contribution is -2.20. The third-order valence-corrected chi connectivity index (χ3v) is 4.98. The van der Waals surface area contributed by atoms with E-state index in [1.165, 1.54) is 17.3 Å². The van der Waals surface area contributed by atoms with Crippen LogP contribution in [0.5, 0.6) is 0 Å². The monoisotopic (exact) mass is 370 g/mol.